The lowest BCUT2D eigenvalue weighted by Gasteiger charge is -2.18. The first-order valence-corrected chi connectivity index (χ1v) is 10.7. The van der Waals surface area contributed by atoms with Crippen LogP contribution < -0.4 is 10.7 Å². The molecule has 4 aromatic rings. The highest BCUT2D eigenvalue weighted by molar-refractivity contribution is 7.15. The van der Waals surface area contributed by atoms with E-state index in [9.17, 15) is 5.11 Å². The summed E-state index contributed by atoms with van der Waals surface area (Å²) in [6, 6.07) is 11.6. The number of hydrazone groups is 1. The number of nitrogens with two attached hydrogens (primary N) is 1. The van der Waals surface area contributed by atoms with Gasteiger partial charge < -0.3 is 10.8 Å². The maximum atomic E-state index is 9.94. The van der Waals surface area contributed by atoms with Crippen LogP contribution >= 0.6 is 11.3 Å². The zero-order valence-corrected chi connectivity index (χ0v) is 18.0. The van der Waals surface area contributed by atoms with Gasteiger partial charge in [0.2, 0.25) is 0 Å². The van der Waals surface area contributed by atoms with Crippen molar-refractivity contribution in [1.82, 2.24) is 19.7 Å². The molecular formula is C22H21N7OS. The average molecular weight is 432 g/mol. The zero-order valence-electron chi connectivity index (χ0n) is 17.1. The first-order chi connectivity index (χ1) is 15.1. The van der Waals surface area contributed by atoms with E-state index in [0.29, 0.717) is 18.2 Å². The quantitative estimate of drug-likeness (QED) is 0.481. The van der Waals surface area contributed by atoms with E-state index >= 15 is 0 Å². The SMILES string of the molecule is Cc1c(CO)sc2c1C(c1ccc(N)cc1)=NN(Cc1cccnc1)c1nnc(C)n1-2. The predicted molar refractivity (Wildman–Crippen MR) is 122 cm³/mol. The summed E-state index contributed by atoms with van der Waals surface area (Å²) in [5.74, 6) is 1.38. The second kappa shape index (κ2) is 7.60. The minimum absolute atomic E-state index is 0.0333. The molecular weight excluding hydrogens is 410 g/mol. The number of nitrogens with zero attached hydrogens (tertiary/aromatic N) is 6. The monoisotopic (exact) mass is 431 g/mol. The zero-order chi connectivity index (χ0) is 21.5. The molecule has 0 amide bonds. The van der Waals surface area contributed by atoms with Crippen molar-refractivity contribution >= 4 is 28.7 Å². The standard InChI is InChI=1S/C22H21N7OS/c1-13-18(12-30)31-21-19(13)20(16-5-7-17(23)8-6-16)27-28(11-15-4-3-9-24-10-15)22-26-25-14(2)29(21)22/h3-10,30H,11-12,23H2,1-2H3. The summed E-state index contributed by atoms with van der Waals surface area (Å²) in [5.41, 5.74) is 11.3. The molecule has 9 heteroatoms. The van der Waals surface area contributed by atoms with Gasteiger partial charge in [-0.2, -0.15) is 5.10 Å². The fraction of sp³-hybridized carbons (Fsp3) is 0.182. The molecule has 0 saturated carbocycles. The normalized spacial score (nSPS) is 12.9. The molecule has 0 atom stereocenters. The summed E-state index contributed by atoms with van der Waals surface area (Å²) >= 11 is 1.54. The first-order valence-electron chi connectivity index (χ1n) is 9.83. The van der Waals surface area contributed by atoms with E-state index in [1.165, 1.54) is 11.3 Å². The molecule has 3 N–H and O–H groups in total. The fourth-order valence-corrected chi connectivity index (χ4v) is 4.93. The Bertz CT molecular complexity index is 1280. The summed E-state index contributed by atoms with van der Waals surface area (Å²) in [6.45, 7) is 4.40. The van der Waals surface area contributed by atoms with E-state index in [-0.39, 0.29) is 6.61 Å². The van der Waals surface area contributed by atoms with E-state index < -0.39 is 0 Å². The van der Waals surface area contributed by atoms with E-state index in [0.717, 1.165) is 43.7 Å². The van der Waals surface area contributed by atoms with Gasteiger partial charge in [-0.3, -0.25) is 9.55 Å². The van der Waals surface area contributed by atoms with Crippen LogP contribution in [0.1, 0.15) is 33.0 Å². The highest BCUT2D eigenvalue weighted by Gasteiger charge is 2.30. The highest BCUT2D eigenvalue weighted by Crippen LogP contribution is 2.39. The highest BCUT2D eigenvalue weighted by atomic mass is 32.1. The molecule has 0 aliphatic carbocycles. The smallest absolute Gasteiger partial charge is 0.253 e. The van der Waals surface area contributed by atoms with Gasteiger partial charge >= 0.3 is 0 Å². The molecule has 0 saturated heterocycles. The summed E-state index contributed by atoms with van der Waals surface area (Å²) in [6.07, 6.45) is 3.57. The number of aliphatic hydroxyl groups is 1. The van der Waals surface area contributed by atoms with Crippen LogP contribution in [0, 0.1) is 13.8 Å². The Kier molecular flexibility index (Phi) is 4.76. The van der Waals surface area contributed by atoms with Gasteiger partial charge in [-0.05, 0) is 43.2 Å². The van der Waals surface area contributed by atoms with Crippen LogP contribution in [-0.4, -0.2) is 30.6 Å². The van der Waals surface area contributed by atoms with Crippen molar-refractivity contribution in [3.8, 4) is 5.00 Å². The maximum absolute atomic E-state index is 9.94. The number of aryl methyl sites for hydroxylation is 1. The number of rotatable bonds is 4. The van der Waals surface area contributed by atoms with Gasteiger partial charge in [0.25, 0.3) is 5.95 Å². The minimum Gasteiger partial charge on any atom is -0.399 e. The third-order valence-corrected chi connectivity index (χ3v) is 6.57. The van der Waals surface area contributed by atoms with Gasteiger partial charge in [0, 0.05) is 34.1 Å². The lowest BCUT2D eigenvalue weighted by Crippen LogP contribution is -2.20. The Morgan fingerprint density at radius 2 is 1.90 bits per heavy atom. The van der Waals surface area contributed by atoms with Crippen molar-refractivity contribution < 1.29 is 5.11 Å². The molecule has 0 unspecified atom stereocenters. The molecule has 1 aliphatic heterocycles. The number of aliphatic hydroxyl groups excluding tert-OH is 1. The first kappa shape index (κ1) is 19.4. The number of thiophene rings is 1. The molecule has 1 aliphatic rings. The van der Waals surface area contributed by atoms with Gasteiger partial charge in [-0.1, -0.05) is 18.2 Å². The lowest BCUT2D eigenvalue weighted by molar-refractivity contribution is 0.285. The van der Waals surface area contributed by atoms with Crippen molar-refractivity contribution in [2.45, 2.75) is 27.0 Å². The van der Waals surface area contributed by atoms with Crippen LogP contribution in [-0.2, 0) is 13.2 Å². The van der Waals surface area contributed by atoms with Crippen LogP contribution in [0.15, 0.2) is 53.9 Å². The van der Waals surface area contributed by atoms with E-state index in [4.69, 9.17) is 10.8 Å². The molecule has 3 aromatic heterocycles. The Balaban J connectivity index is 1.77. The van der Waals surface area contributed by atoms with Crippen LogP contribution in [0.2, 0.25) is 0 Å². The summed E-state index contributed by atoms with van der Waals surface area (Å²) in [7, 11) is 0. The molecule has 1 aromatic carbocycles. The van der Waals surface area contributed by atoms with Gasteiger partial charge in [-0.25, -0.2) is 5.01 Å². The van der Waals surface area contributed by atoms with Crippen molar-refractivity contribution in [2.24, 2.45) is 5.10 Å². The van der Waals surface area contributed by atoms with Crippen molar-refractivity contribution in [3.63, 3.8) is 0 Å². The van der Waals surface area contributed by atoms with Gasteiger partial charge in [0.1, 0.15) is 16.5 Å². The third kappa shape index (κ3) is 3.28. The fourth-order valence-electron chi connectivity index (χ4n) is 3.72. The number of anilines is 2. The number of aromatic nitrogens is 4. The number of benzene rings is 1. The number of hydrogen-bond donors (Lipinski definition) is 2. The van der Waals surface area contributed by atoms with E-state index in [1.807, 2.05) is 66.0 Å². The number of pyridine rings is 1. The molecule has 8 nitrogen and oxygen atoms in total. The van der Waals surface area contributed by atoms with Crippen LogP contribution in [0.4, 0.5) is 11.6 Å². The van der Waals surface area contributed by atoms with Crippen LogP contribution in [0.25, 0.3) is 5.00 Å². The van der Waals surface area contributed by atoms with E-state index in [1.54, 1.807) is 6.20 Å². The van der Waals surface area contributed by atoms with E-state index in [2.05, 4.69) is 15.2 Å². The van der Waals surface area contributed by atoms with Crippen LogP contribution in [0.3, 0.4) is 0 Å². The molecule has 0 radical (unpaired) electrons. The van der Waals surface area contributed by atoms with Crippen molar-refractivity contribution in [1.29, 1.82) is 0 Å². The second-order valence-corrected chi connectivity index (χ2v) is 8.44. The lowest BCUT2D eigenvalue weighted by atomic mass is 9.99. The topological polar surface area (TPSA) is 105 Å². The molecule has 31 heavy (non-hydrogen) atoms. The summed E-state index contributed by atoms with van der Waals surface area (Å²) < 4.78 is 2.01. The Labute approximate surface area is 183 Å². The Hall–Kier alpha value is -3.56. The summed E-state index contributed by atoms with van der Waals surface area (Å²) in [5, 5.41) is 26.6. The van der Waals surface area contributed by atoms with Gasteiger partial charge in [0.15, 0.2) is 0 Å². The number of hydrogen-bond acceptors (Lipinski definition) is 8. The Morgan fingerprint density at radius 1 is 1.10 bits per heavy atom. The average Bonchev–Trinajstić information content (AvgIpc) is 3.27. The predicted octanol–water partition coefficient (Wildman–Crippen LogP) is 3.19. The molecule has 0 fully saturated rings. The van der Waals surface area contributed by atoms with Crippen molar-refractivity contribution in [3.05, 3.63) is 81.7 Å². The minimum atomic E-state index is -0.0333. The largest absolute Gasteiger partial charge is 0.399 e. The molecule has 4 heterocycles. The molecule has 5 rings (SSSR count). The molecule has 0 bridgehead atoms. The Morgan fingerprint density at radius 3 is 2.61 bits per heavy atom. The molecule has 0 spiro atoms. The molecule has 156 valence electrons. The number of nitrogen functional groups attached to an aromatic ring is 1. The maximum Gasteiger partial charge on any atom is 0.253 e. The van der Waals surface area contributed by atoms with Gasteiger partial charge in [0.05, 0.1) is 13.2 Å². The third-order valence-electron chi connectivity index (χ3n) is 5.31. The van der Waals surface area contributed by atoms with Gasteiger partial charge in [-0.15, -0.1) is 21.5 Å². The number of fused-ring (bicyclic) bond motifs is 3. The van der Waals surface area contributed by atoms with Crippen molar-refractivity contribution in [2.75, 3.05) is 10.7 Å². The second-order valence-electron chi connectivity index (χ2n) is 7.36. The summed E-state index contributed by atoms with van der Waals surface area (Å²) in [4.78, 5) is 5.13. The van der Waals surface area contributed by atoms with Crippen LogP contribution in [0.5, 0.6) is 0 Å².